The summed E-state index contributed by atoms with van der Waals surface area (Å²) in [5.74, 6) is -0.994. The molecule has 0 aliphatic carbocycles. The predicted molar refractivity (Wildman–Crippen MR) is 64.9 cm³/mol. The van der Waals surface area contributed by atoms with Crippen LogP contribution in [-0.4, -0.2) is 40.8 Å². The molecule has 0 bridgehead atoms. The monoisotopic (exact) mass is 245 g/mol. The molecule has 0 fully saturated rings. The van der Waals surface area contributed by atoms with Crippen molar-refractivity contribution in [2.45, 2.75) is 58.6 Å². The molecule has 5 nitrogen and oxygen atoms in total. The maximum absolute atomic E-state index is 11.7. The molecule has 0 aromatic rings. The summed E-state index contributed by atoms with van der Waals surface area (Å²) in [6, 6.07) is -0.815. The number of rotatable bonds is 5. The number of hydrogen-bond donors (Lipinski definition) is 1. The third-order valence-corrected chi connectivity index (χ3v) is 2.27. The molecule has 1 N–H and O–H groups in total. The van der Waals surface area contributed by atoms with E-state index in [1.807, 2.05) is 6.92 Å². The maximum atomic E-state index is 11.7. The first-order valence-electron chi connectivity index (χ1n) is 5.87. The molecule has 0 aromatic carbocycles. The zero-order valence-corrected chi connectivity index (χ0v) is 11.3. The van der Waals surface area contributed by atoms with Gasteiger partial charge >= 0.3 is 12.1 Å². The fourth-order valence-electron chi connectivity index (χ4n) is 1.34. The molecule has 5 heteroatoms. The fraction of sp³-hybridized carbons (Fsp3) is 0.833. The molecule has 1 amide bonds. The van der Waals surface area contributed by atoms with Crippen molar-refractivity contribution in [3.8, 4) is 0 Å². The Morgan fingerprint density at radius 1 is 1.35 bits per heavy atom. The van der Waals surface area contributed by atoms with E-state index in [1.165, 1.54) is 7.05 Å². The van der Waals surface area contributed by atoms with Crippen LogP contribution in [0.2, 0.25) is 0 Å². The number of carbonyl (C=O) groups excluding carboxylic acids is 1. The van der Waals surface area contributed by atoms with Crippen LogP contribution in [0.25, 0.3) is 0 Å². The van der Waals surface area contributed by atoms with Gasteiger partial charge in [-0.3, -0.25) is 4.90 Å². The smallest absolute Gasteiger partial charge is 0.410 e. The molecular weight excluding hydrogens is 222 g/mol. The summed E-state index contributed by atoms with van der Waals surface area (Å²) in [5, 5.41) is 9.07. The number of unbranched alkanes of at least 4 members (excludes halogenated alkanes) is 1. The van der Waals surface area contributed by atoms with E-state index < -0.39 is 23.7 Å². The SMILES string of the molecule is CCCC[C@H](C(=O)O)N(C)C(=O)OC(C)(C)C. The first-order valence-corrected chi connectivity index (χ1v) is 5.87. The summed E-state index contributed by atoms with van der Waals surface area (Å²) in [6.45, 7) is 7.23. The Labute approximate surface area is 103 Å². The van der Waals surface area contributed by atoms with Gasteiger partial charge in [0, 0.05) is 7.05 Å². The molecule has 0 unspecified atom stereocenters. The molecule has 100 valence electrons. The van der Waals surface area contributed by atoms with E-state index in [1.54, 1.807) is 20.8 Å². The number of ether oxygens (including phenoxy) is 1. The van der Waals surface area contributed by atoms with Crippen molar-refractivity contribution in [1.29, 1.82) is 0 Å². The minimum absolute atomic E-state index is 0.446. The standard InChI is InChI=1S/C12H23NO4/c1-6-7-8-9(10(14)15)13(5)11(16)17-12(2,3)4/h9H,6-8H2,1-5H3,(H,14,15)/t9-/m1/s1. The third-order valence-electron chi connectivity index (χ3n) is 2.27. The van der Waals surface area contributed by atoms with Crippen molar-refractivity contribution < 1.29 is 19.4 Å². The highest BCUT2D eigenvalue weighted by atomic mass is 16.6. The fourth-order valence-corrected chi connectivity index (χ4v) is 1.34. The molecule has 0 aromatic heterocycles. The average Bonchev–Trinajstić information content (AvgIpc) is 2.14. The minimum Gasteiger partial charge on any atom is -0.480 e. The van der Waals surface area contributed by atoms with Gasteiger partial charge in [-0.2, -0.15) is 0 Å². The largest absolute Gasteiger partial charge is 0.480 e. The van der Waals surface area contributed by atoms with Gasteiger partial charge in [-0.05, 0) is 27.2 Å². The van der Waals surface area contributed by atoms with Gasteiger partial charge in [0.2, 0.25) is 0 Å². The average molecular weight is 245 g/mol. The van der Waals surface area contributed by atoms with Crippen molar-refractivity contribution in [3.05, 3.63) is 0 Å². The highest BCUT2D eigenvalue weighted by Gasteiger charge is 2.29. The summed E-state index contributed by atoms with van der Waals surface area (Å²) in [4.78, 5) is 23.9. The normalized spacial score (nSPS) is 13.0. The van der Waals surface area contributed by atoms with Crippen LogP contribution in [0.1, 0.15) is 47.0 Å². The minimum atomic E-state index is -0.994. The topological polar surface area (TPSA) is 66.8 Å². The van der Waals surface area contributed by atoms with Gasteiger partial charge in [-0.15, -0.1) is 0 Å². The van der Waals surface area contributed by atoms with E-state index in [0.29, 0.717) is 6.42 Å². The van der Waals surface area contributed by atoms with Crippen LogP contribution < -0.4 is 0 Å². The molecule has 0 saturated carbocycles. The van der Waals surface area contributed by atoms with Gasteiger partial charge in [0.25, 0.3) is 0 Å². The lowest BCUT2D eigenvalue weighted by atomic mass is 10.1. The number of aliphatic carboxylic acids is 1. The van der Waals surface area contributed by atoms with E-state index in [2.05, 4.69) is 0 Å². The van der Waals surface area contributed by atoms with Crippen LogP contribution in [0.5, 0.6) is 0 Å². The molecule has 1 atom stereocenters. The number of carbonyl (C=O) groups is 2. The molecule has 0 heterocycles. The summed E-state index contributed by atoms with van der Waals surface area (Å²) < 4.78 is 5.13. The lowest BCUT2D eigenvalue weighted by Gasteiger charge is -2.28. The Balaban J connectivity index is 4.55. The molecule has 0 radical (unpaired) electrons. The van der Waals surface area contributed by atoms with Crippen molar-refractivity contribution >= 4 is 12.1 Å². The van der Waals surface area contributed by atoms with Crippen molar-refractivity contribution in [2.24, 2.45) is 0 Å². The third kappa shape index (κ3) is 6.14. The Bertz CT molecular complexity index is 270. The molecule has 0 rings (SSSR count). The summed E-state index contributed by atoms with van der Waals surface area (Å²) in [6.07, 6.45) is 1.51. The molecule has 0 aliphatic rings. The van der Waals surface area contributed by atoms with Crippen molar-refractivity contribution in [2.75, 3.05) is 7.05 Å². The van der Waals surface area contributed by atoms with Crippen LogP contribution >= 0.6 is 0 Å². The second-order valence-electron chi connectivity index (χ2n) is 5.09. The van der Waals surface area contributed by atoms with Gasteiger partial charge in [-0.25, -0.2) is 9.59 Å². The van der Waals surface area contributed by atoms with Crippen LogP contribution in [0.3, 0.4) is 0 Å². The Morgan fingerprint density at radius 2 is 1.88 bits per heavy atom. The molecule has 17 heavy (non-hydrogen) atoms. The summed E-state index contributed by atoms with van der Waals surface area (Å²) in [5.41, 5.74) is -0.612. The molecular formula is C12H23NO4. The Kier molecular flexibility index (Phi) is 5.99. The highest BCUT2D eigenvalue weighted by Crippen LogP contribution is 2.13. The lowest BCUT2D eigenvalue weighted by Crippen LogP contribution is -2.44. The molecule has 0 aliphatic heterocycles. The second kappa shape index (κ2) is 6.47. The number of hydrogen-bond acceptors (Lipinski definition) is 3. The number of carboxylic acid groups (broad SMARTS) is 1. The number of likely N-dealkylation sites (N-methyl/N-ethyl adjacent to an activating group) is 1. The first kappa shape index (κ1) is 15.7. The zero-order chi connectivity index (χ0) is 13.6. The van der Waals surface area contributed by atoms with Crippen LogP contribution in [0.4, 0.5) is 4.79 Å². The van der Waals surface area contributed by atoms with Gasteiger partial charge in [0.05, 0.1) is 0 Å². The quantitative estimate of drug-likeness (QED) is 0.808. The van der Waals surface area contributed by atoms with E-state index in [0.717, 1.165) is 17.7 Å². The Hall–Kier alpha value is -1.26. The summed E-state index contributed by atoms with van der Waals surface area (Å²) in [7, 11) is 1.46. The van der Waals surface area contributed by atoms with Crippen LogP contribution in [0.15, 0.2) is 0 Å². The number of amides is 1. The predicted octanol–water partition coefficient (Wildman–Crippen LogP) is 2.50. The number of carboxylic acids is 1. The van der Waals surface area contributed by atoms with E-state index in [-0.39, 0.29) is 0 Å². The van der Waals surface area contributed by atoms with Crippen LogP contribution in [-0.2, 0) is 9.53 Å². The molecule has 0 spiro atoms. The van der Waals surface area contributed by atoms with E-state index in [9.17, 15) is 9.59 Å². The lowest BCUT2D eigenvalue weighted by molar-refractivity contribution is -0.142. The van der Waals surface area contributed by atoms with Crippen molar-refractivity contribution in [1.82, 2.24) is 4.90 Å². The summed E-state index contributed by atoms with van der Waals surface area (Å²) >= 11 is 0. The highest BCUT2D eigenvalue weighted by molar-refractivity contribution is 5.79. The van der Waals surface area contributed by atoms with Gasteiger partial charge in [-0.1, -0.05) is 19.8 Å². The van der Waals surface area contributed by atoms with Crippen LogP contribution in [0, 0.1) is 0 Å². The first-order chi connectivity index (χ1) is 7.69. The number of nitrogens with zero attached hydrogens (tertiary/aromatic N) is 1. The van der Waals surface area contributed by atoms with Crippen molar-refractivity contribution in [3.63, 3.8) is 0 Å². The van der Waals surface area contributed by atoms with Gasteiger partial charge in [0.15, 0.2) is 0 Å². The molecule has 0 saturated heterocycles. The maximum Gasteiger partial charge on any atom is 0.410 e. The second-order valence-corrected chi connectivity index (χ2v) is 5.09. The van der Waals surface area contributed by atoms with Gasteiger partial charge < -0.3 is 9.84 Å². The Morgan fingerprint density at radius 3 is 2.24 bits per heavy atom. The van der Waals surface area contributed by atoms with E-state index >= 15 is 0 Å². The zero-order valence-electron chi connectivity index (χ0n) is 11.3. The van der Waals surface area contributed by atoms with E-state index in [4.69, 9.17) is 9.84 Å². The van der Waals surface area contributed by atoms with Gasteiger partial charge in [0.1, 0.15) is 11.6 Å².